The van der Waals surface area contributed by atoms with Gasteiger partial charge in [-0.15, -0.1) is 0 Å². The first-order valence-corrected chi connectivity index (χ1v) is 10.2. The van der Waals surface area contributed by atoms with Gasteiger partial charge in [0.2, 0.25) is 5.91 Å². The first kappa shape index (κ1) is 23.9. The third-order valence-electron chi connectivity index (χ3n) is 4.51. The zero-order valence-corrected chi connectivity index (χ0v) is 18.9. The second kappa shape index (κ2) is 10.1. The van der Waals surface area contributed by atoms with Crippen molar-refractivity contribution in [2.24, 2.45) is 5.92 Å². The van der Waals surface area contributed by atoms with E-state index in [1.165, 1.54) is 0 Å². The summed E-state index contributed by atoms with van der Waals surface area (Å²) in [7, 11) is 1.55. The molecule has 3 amide bonds. The molecule has 3 N–H and O–H groups in total. The Morgan fingerprint density at radius 2 is 1.52 bits per heavy atom. The lowest BCUT2D eigenvalue weighted by molar-refractivity contribution is -0.125. The van der Waals surface area contributed by atoms with Gasteiger partial charge >= 0.3 is 0 Å². The average molecular weight is 426 g/mol. The van der Waals surface area contributed by atoms with Crippen molar-refractivity contribution in [2.75, 3.05) is 12.4 Å². The Morgan fingerprint density at radius 3 is 2.06 bits per heavy atom. The molecule has 7 heteroatoms. The van der Waals surface area contributed by atoms with Gasteiger partial charge in [0.25, 0.3) is 11.8 Å². The van der Waals surface area contributed by atoms with Crippen molar-refractivity contribution < 1.29 is 19.1 Å². The van der Waals surface area contributed by atoms with Gasteiger partial charge in [0.05, 0.1) is 18.4 Å². The number of hydrogen-bond acceptors (Lipinski definition) is 4. The van der Waals surface area contributed by atoms with Crippen LogP contribution in [0.5, 0.6) is 5.75 Å². The number of hydrogen-bond donors (Lipinski definition) is 3. The predicted molar refractivity (Wildman–Crippen MR) is 121 cm³/mol. The van der Waals surface area contributed by atoms with Crippen LogP contribution in [-0.4, -0.2) is 36.4 Å². The highest BCUT2D eigenvalue weighted by molar-refractivity contribution is 6.09. The van der Waals surface area contributed by atoms with Gasteiger partial charge in [-0.3, -0.25) is 14.4 Å². The minimum Gasteiger partial charge on any atom is -0.497 e. The number of carbonyl (C=O) groups excluding carboxylic acids is 3. The number of rotatable bonds is 7. The van der Waals surface area contributed by atoms with Crippen LogP contribution in [0.2, 0.25) is 0 Å². The van der Waals surface area contributed by atoms with Crippen molar-refractivity contribution in [3.63, 3.8) is 0 Å². The van der Waals surface area contributed by atoms with Gasteiger partial charge in [-0.25, -0.2) is 0 Å². The van der Waals surface area contributed by atoms with E-state index in [1.54, 1.807) is 55.6 Å². The Bertz CT molecular complexity index is 931. The molecule has 7 nitrogen and oxygen atoms in total. The summed E-state index contributed by atoms with van der Waals surface area (Å²) in [6.07, 6.45) is 0. The Kier molecular flexibility index (Phi) is 7.80. The third kappa shape index (κ3) is 6.84. The summed E-state index contributed by atoms with van der Waals surface area (Å²) in [6, 6.07) is 12.6. The van der Waals surface area contributed by atoms with E-state index in [1.807, 2.05) is 34.6 Å². The van der Waals surface area contributed by atoms with Gasteiger partial charge in [-0.2, -0.15) is 0 Å². The van der Waals surface area contributed by atoms with E-state index in [0.29, 0.717) is 17.0 Å². The summed E-state index contributed by atoms with van der Waals surface area (Å²) in [4.78, 5) is 38.3. The van der Waals surface area contributed by atoms with Crippen molar-refractivity contribution in [1.82, 2.24) is 10.6 Å². The van der Waals surface area contributed by atoms with E-state index in [2.05, 4.69) is 16.0 Å². The fourth-order valence-electron chi connectivity index (χ4n) is 2.93. The van der Waals surface area contributed by atoms with Gasteiger partial charge in [-0.05, 0) is 63.1 Å². The molecular weight excluding hydrogens is 394 g/mol. The lowest BCUT2D eigenvalue weighted by Gasteiger charge is -2.27. The number of para-hydroxylation sites is 1. The highest BCUT2D eigenvalue weighted by Gasteiger charge is 2.28. The molecule has 1 atom stereocenters. The minimum atomic E-state index is -0.711. The van der Waals surface area contributed by atoms with Crippen LogP contribution in [0.15, 0.2) is 48.5 Å². The first-order chi connectivity index (χ1) is 14.5. The van der Waals surface area contributed by atoms with Crippen molar-refractivity contribution in [2.45, 2.75) is 46.2 Å². The SMILES string of the molecule is COc1ccc(C(=O)Nc2ccccc2C(=O)N[C@H](C(=O)NC(C)(C)C)C(C)C)cc1. The monoisotopic (exact) mass is 425 g/mol. The molecule has 2 aromatic rings. The first-order valence-electron chi connectivity index (χ1n) is 10.2. The van der Waals surface area contributed by atoms with Gasteiger partial charge in [-0.1, -0.05) is 26.0 Å². The molecule has 0 heterocycles. The summed E-state index contributed by atoms with van der Waals surface area (Å²) in [5.41, 5.74) is 0.651. The third-order valence-corrected chi connectivity index (χ3v) is 4.51. The van der Waals surface area contributed by atoms with Crippen molar-refractivity contribution >= 4 is 23.4 Å². The van der Waals surface area contributed by atoms with E-state index in [4.69, 9.17) is 4.74 Å². The number of benzene rings is 2. The molecule has 2 rings (SSSR count). The summed E-state index contributed by atoms with van der Waals surface area (Å²) in [5, 5.41) is 8.48. The molecule has 166 valence electrons. The Labute approximate surface area is 183 Å². The van der Waals surface area contributed by atoms with Crippen LogP contribution in [0.4, 0.5) is 5.69 Å². The zero-order chi connectivity index (χ0) is 23.2. The molecule has 0 fully saturated rings. The Balaban J connectivity index is 2.19. The van der Waals surface area contributed by atoms with Crippen LogP contribution in [0.25, 0.3) is 0 Å². The largest absolute Gasteiger partial charge is 0.497 e. The smallest absolute Gasteiger partial charge is 0.255 e. The summed E-state index contributed by atoms with van der Waals surface area (Å²) in [6.45, 7) is 9.38. The van der Waals surface area contributed by atoms with Crippen LogP contribution in [0.3, 0.4) is 0 Å². The number of ether oxygens (including phenoxy) is 1. The fraction of sp³-hybridized carbons (Fsp3) is 0.375. The molecule has 0 bridgehead atoms. The normalized spacial score (nSPS) is 12.1. The maximum Gasteiger partial charge on any atom is 0.255 e. The second-order valence-electron chi connectivity index (χ2n) is 8.66. The molecule has 0 aliphatic rings. The van der Waals surface area contributed by atoms with E-state index < -0.39 is 17.5 Å². The molecule has 0 unspecified atom stereocenters. The number of carbonyl (C=O) groups is 3. The van der Waals surface area contributed by atoms with Crippen LogP contribution >= 0.6 is 0 Å². The number of nitrogens with one attached hydrogen (secondary N) is 3. The maximum atomic E-state index is 13.0. The van der Waals surface area contributed by atoms with E-state index in [-0.39, 0.29) is 23.3 Å². The molecule has 0 spiro atoms. The van der Waals surface area contributed by atoms with E-state index in [9.17, 15) is 14.4 Å². The molecule has 31 heavy (non-hydrogen) atoms. The topological polar surface area (TPSA) is 96.5 Å². The zero-order valence-electron chi connectivity index (χ0n) is 18.9. The summed E-state index contributed by atoms with van der Waals surface area (Å²) < 4.78 is 5.11. The molecule has 0 aliphatic heterocycles. The van der Waals surface area contributed by atoms with Gasteiger partial charge < -0.3 is 20.7 Å². The number of methoxy groups -OCH3 is 1. The molecule has 0 radical (unpaired) electrons. The van der Waals surface area contributed by atoms with Gasteiger partial charge in [0, 0.05) is 11.1 Å². The van der Waals surface area contributed by atoms with Crippen LogP contribution < -0.4 is 20.7 Å². The molecule has 0 saturated heterocycles. The molecule has 0 aromatic heterocycles. The van der Waals surface area contributed by atoms with E-state index in [0.717, 1.165) is 0 Å². The van der Waals surface area contributed by atoms with Crippen LogP contribution in [-0.2, 0) is 4.79 Å². The number of anilines is 1. The summed E-state index contributed by atoms with van der Waals surface area (Å²) >= 11 is 0. The maximum absolute atomic E-state index is 13.0. The fourth-order valence-corrected chi connectivity index (χ4v) is 2.93. The van der Waals surface area contributed by atoms with Crippen LogP contribution in [0.1, 0.15) is 55.3 Å². The molecule has 0 saturated carbocycles. The minimum absolute atomic E-state index is 0.118. The Morgan fingerprint density at radius 1 is 0.903 bits per heavy atom. The predicted octanol–water partition coefficient (Wildman–Crippen LogP) is 3.62. The molecule has 2 aromatic carbocycles. The van der Waals surface area contributed by atoms with Crippen molar-refractivity contribution in [3.05, 3.63) is 59.7 Å². The standard InChI is InChI=1S/C24H31N3O4/c1-15(2)20(23(30)27-24(3,4)5)26-22(29)18-9-7-8-10-19(18)25-21(28)16-11-13-17(31-6)14-12-16/h7-15,20H,1-6H3,(H,25,28)(H,26,29)(H,27,30)/t20-/m0/s1. The molecule has 0 aliphatic carbocycles. The molecular formula is C24H31N3O4. The second-order valence-corrected chi connectivity index (χ2v) is 8.66. The van der Waals surface area contributed by atoms with Crippen molar-refractivity contribution in [3.8, 4) is 5.75 Å². The highest BCUT2D eigenvalue weighted by atomic mass is 16.5. The summed E-state index contributed by atoms with van der Waals surface area (Å²) in [5.74, 6) is -0.519. The lowest BCUT2D eigenvalue weighted by Crippen LogP contribution is -2.54. The van der Waals surface area contributed by atoms with Crippen molar-refractivity contribution in [1.29, 1.82) is 0 Å². The number of amides is 3. The van der Waals surface area contributed by atoms with Crippen LogP contribution in [0, 0.1) is 5.92 Å². The van der Waals surface area contributed by atoms with Gasteiger partial charge in [0.15, 0.2) is 0 Å². The highest BCUT2D eigenvalue weighted by Crippen LogP contribution is 2.18. The lowest BCUT2D eigenvalue weighted by atomic mass is 10.0. The average Bonchev–Trinajstić information content (AvgIpc) is 2.70. The van der Waals surface area contributed by atoms with Gasteiger partial charge in [0.1, 0.15) is 11.8 Å². The Hall–Kier alpha value is -3.35. The van der Waals surface area contributed by atoms with E-state index >= 15 is 0 Å². The quantitative estimate of drug-likeness (QED) is 0.631.